The van der Waals surface area contributed by atoms with Crippen LogP contribution in [-0.4, -0.2) is 23.9 Å². The highest BCUT2D eigenvalue weighted by Gasteiger charge is 2.21. The summed E-state index contributed by atoms with van der Waals surface area (Å²) in [5.74, 6) is 1.70. The monoisotopic (exact) mass is 261 g/mol. The van der Waals surface area contributed by atoms with Crippen molar-refractivity contribution in [1.29, 1.82) is 0 Å². The third kappa shape index (κ3) is 2.61. The molecule has 1 aromatic heterocycles. The highest BCUT2D eigenvalue weighted by molar-refractivity contribution is 7.18. The molecule has 0 amide bonds. The third-order valence-corrected chi connectivity index (χ3v) is 3.93. The highest BCUT2D eigenvalue weighted by Crippen LogP contribution is 2.31. The van der Waals surface area contributed by atoms with E-state index in [0.29, 0.717) is 0 Å². The summed E-state index contributed by atoms with van der Waals surface area (Å²) in [5.41, 5.74) is 1.08. The lowest BCUT2D eigenvalue weighted by atomic mass is 10.2. The number of benzene rings is 1. The van der Waals surface area contributed by atoms with Crippen LogP contribution in [0.1, 0.15) is 12.8 Å². The van der Waals surface area contributed by atoms with Crippen LogP contribution in [0.2, 0.25) is 0 Å². The van der Waals surface area contributed by atoms with Crippen LogP contribution in [0, 0.1) is 5.92 Å². The number of nitrogens with one attached hydrogen (secondary N) is 1. The summed E-state index contributed by atoms with van der Waals surface area (Å²) < 4.78 is 5.14. The zero-order valence-electron chi connectivity index (χ0n) is 10.2. The van der Waals surface area contributed by atoms with Gasteiger partial charge in [-0.3, -0.25) is 0 Å². The summed E-state index contributed by atoms with van der Waals surface area (Å²) in [4.78, 5) is 0. The summed E-state index contributed by atoms with van der Waals surface area (Å²) in [5, 5.41) is 13.6. The lowest BCUT2D eigenvalue weighted by Crippen LogP contribution is -2.02. The van der Waals surface area contributed by atoms with Gasteiger partial charge in [0.05, 0.1) is 7.11 Å². The Morgan fingerprint density at radius 3 is 2.72 bits per heavy atom. The van der Waals surface area contributed by atoms with Crippen molar-refractivity contribution in [2.24, 2.45) is 5.92 Å². The Morgan fingerprint density at radius 1 is 1.28 bits per heavy atom. The molecule has 0 spiro atoms. The molecule has 1 saturated carbocycles. The van der Waals surface area contributed by atoms with Crippen LogP contribution in [0.3, 0.4) is 0 Å². The van der Waals surface area contributed by atoms with Crippen molar-refractivity contribution >= 4 is 16.5 Å². The largest absolute Gasteiger partial charge is 0.497 e. The van der Waals surface area contributed by atoms with Gasteiger partial charge in [0.25, 0.3) is 0 Å². The van der Waals surface area contributed by atoms with E-state index in [0.717, 1.165) is 33.9 Å². The van der Waals surface area contributed by atoms with Gasteiger partial charge in [0.1, 0.15) is 10.8 Å². The van der Waals surface area contributed by atoms with Gasteiger partial charge in [-0.25, -0.2) is 0 Å². The predicted molar refractivity (Wildman–Crippen MR) is 73.1 cm³/mol. The molecule has 3 rings (SSSR count). The maximum Gasteiger partial charge on any atom is 0.206 e. The molecule has 2 aromatic rings. The molecule has 0 saturated heterocycles. The third-order valence-electron chi connectivity index (χ3n) is 3.00. The van der Waals surface area contributed by atoms with Gasteiger partial charge in [-0.15, -0.1) is 10.2 Å². The second kappa shape index (κ2) is 4.94. The van der Waals surface area contributed by atoms with Gasteiger partial charge in [-0.2, -0.15) is 0 Å². The Labute approximate surface area is 110 Å². The number of aromatic nitrogens is 2. The number of hydrogen-bond donors (Lipinski definition) is 1. The van der Waals surface area contributed by atoms with Gasteiger partial charge >= 0.3 is 0 Å². The molecule has 0 bridgehead atoms. The molecule has 1 fully saturated rings. The van der Waals surface area contributed by atoms with E-state index < -0.39 is 0 Å². The Kier molecular flexibility index (Phi) is 3.15. The van der Waals surface area contributed by atoms with Crippen molar-refractivity contribution in [1.82, 2.24) is 10.2 Å². The molecule has 1 aromatic carbocycles. The number of rotatable bonds is 5. The van der Waals surface area contributed by atoms with Gasteiger partial charge in [0.2, 0.25) is 5.13 Å². The van der Waals surface area contributed by atoms with Gasteiger partial charge in [0.15, 0.2) is 0 Å². The van der Waals surface area contributed by atoms with Crippen molar-refractivity contribution < 1.29 is 4.74 Å². The van der Waals surface area contributed by atoms with Crippen LogP contribution in [0.5, 0.6) is 5.75 Å². The van der Waals surface area contributed by atoms with E-state index in [-0.39, 0.29) is 0 Å². The van der Waals surface area contributed by atoms with Crippen LogP contribution in [-0.2, 0) is 0 Å². The van der Waals surface area contributed by atoms with E-state index in [1.807, 2.05) is 24.3 Å². The fourth-order valence-electron chi connectivity index (χ4n) is 1.70. The number of nitrogens with zero attached hydrogens (tertiary/aromatic N) is 2. The molecule has 0 radical (unpaired) electrons. The molecule has 0 atom stereocenters. The molecule has 0 unspecified atom stereocenters. The Bertz CT molecular complexity index is 519. The van der Waals surface area contributed by atoms with Crippen molar-refractivity contribution in [3.05, 3.63) is 24.3 Å². The number of methoxy groups -OCH3 is 1. The van der Waals surface area contributed by atoms with Crippen LogP contribution >= 0.6 is 11.3 Å². The van der Waals surface area contributed by atoms with Crippen LogP contribution in [0.15, 0.2) is 24.3 Å². The SMILES string of the molecule is COc1ccc(-c2nnc(NCC3CC3)s2)cc1. The molecule has 0 aliphatic heterocycles. The van der Waals surface area contributed by atoms with Crippen LogP contribution in [0.4, 0.5) is 5.13 Å². The van der Waals surface area contributed by atoms with E-state index in [4.69, 9.17) is 4.74 Å². The van der Waals surface area contributed by atoms with Crippen molar-refractivity contribution in [3.63, 3.8) is 0 Å². The Morgan fingerprint density at radius 2 is 2.06 bits per heavy atom. The second-order valence-corrected chi connectivity index (χ2v) is 5.44. The molecular weight excluding hydrogens is 246 g/mol. The lowest BCUT2D eigenvalue weighted by Gasteiger charge is -1.99. The first-order valence-corrected chi connectivity index (χ1v) is 6.88. The topological polar surface area (TPSA) is 47.0 Å². The second-order valence-electron chi connectivity index (χ2n) is 4.47. The average Bonchev–Trinajstić information content (AvgIpc) is 3.14. The maximum absolute atomic E-state index is 5.14. The van der Waals surface area contributed by atoms with Crippen molar-refractivity contribution in [3.8, 4) is 16.3 Å². The summed E-state index contributed by atoms with van der Waals surface area (Å²) >= 11 is 1.60. The molecule has 5 heteroatoms. The molecular formula is C13H15N3OS. The van der Waals surface area contributed by atoms with Crippen molar-refractivity contribution in [2.45, 2.75) is 12.8 Å². The number of anilines is 1. The van der Waals surface area contributed by atoms with E-state index in [2.05, 4.69) is 15.5 Å². The zero-order valence-corrected chi connectivity index (χ0v) is 11.0. The van der Waals surface area contributed by atoms with Gasteiger partial charge in [0, 0.05) is 12.1 Å². The minimum atomic E-state index is 0.846. The molecule has 1 aliphatic rings. The smallest absolute Gasteiger partial charge is 0.206 e. The minimum absolute atomic E-state index is 0.846. The standard InChI is InChI=1S/C13H15N3OS/c1-17-11-6-4-10(5-7-11)12-15-16-13(18-12)14-8-9-2-3-9/h4-7,9H,2-3,8H2,1H3,(H,14,16). The number of hydrogen-bond acceptors (Lipinski definition) is 5. The number of ether oxygens (including phenoxy) is 1. The van der Waals surface area contributed by atoms with E-state index in [1.54, 1.807) is 18.4 Å². The maximum atomic E-state index is 5.14. The van der Waals surface area contributed by atoms with E-state index in [1.165, 1.54) is 12.8 Å². The molecule has 4 nitrogen and oxygen atoms in total. The first-order valence-electron chi connectivity index (χ1n) is 6.07. The fourth-order valence-corrected chi connectivity index (χ4v) is 2.45. The zero-order chi connectivity index (χ0) is 12.4. The minimum Gasteiger partial charge on any atom is -0.497 e. The summed E-state index contributed by atoms with van der Waals surface area (Å²) in [6.45, 7) is 1.03. The average molecular weight is 261 g/mol. The van der Waals surface area contributed by atoms with Crippen LogP contribution < -0.4 is 10.1 Å². The predicted octanol–water partition coefficient (Wildman–Crippen LogP) is 3.04. The molecule has 1 N–H and O–H groups in total. The van der Waals surface area contributed by atoms with E-state index >= 15 is 0 Å². The Hall–Kier alpha value is -1.62. The normalized spacial score (nSPS) is 14.5. The molecule has 1 aliphatic carbocycles. The summed E-state index contributed by atoms with van der Waals surface area (Å²) in [7, 11) is 1.67. The van der Waals surface area contributed by atoms with Crippen molar-refractivity contribution in [2.75, 3.05) is 19.0 Å². The van der Waals surface area contributed by atoms with E-state index in [9.17, 15) is 0 Å². The molecule has 18 heavy (non-hydrogen) atoms. The first kappa shape index (κ1) is 11.5. The summed E-state index contributed by atoms with van der Waals surface area (Å²) in [6, 6.07) is 7.89. The fraction of sp³-hybridized carbons (Fsp3) is 0.385. The van der Waals surface area contributed by atoms with Gasteiger partial charge in [-0.1, -0.05) is 11.3 Å². The highest BCUT2D eigenvalue weighted by atomic mass is 32.1. The molecule has 1 heterocycles. The lowest BCUT2D eigenvalue weighted by molar-refractivity contribution is 0.415. The molecule has 94 valence electrons. The Balaban J connectivity index is 1.70. The van der Waals surface area contributed by atoms with Gasteiger partial charge < -0.3 is 10.1 Å². The summed E-state index contributed by atoms with van der Waals surface area (Å²) in [6.07, 6.45) is 2.69. The van der Waals surface area contributed by atoms with Gasteiger partial charge in [-0.05, 0) is 43.0 Å². The first-order chi connectivity index (χ1) is 8.85. The van der Waals surface area contributed by atoms with Crippen LogP contribution in [0.25, 0.3) is 10.6 Å². The quantitative estimate of drug-likeness (QED) is 0.898.